The van der Waals surface area contributed by atoms with Crippen molar-refractivity contribution in [1.29, 1.82) is 0 Å². The molecular formula is C27H39N5O2S. The maximum atomic E-state index is 13.0. The maximum Gasteiger partial charge on any atom is 0.233 e. The Morgan fingerprint density at radius 1 is 1.03 bits per heavy atom. The van der Waals surface area contributed by atoms with Crippen molar-refractivity contribution in [2.45, 2.75) is 95.3 Å². The van der Waals surface area contributed by atoms with Gasteiger partial charge in [-0.3, -0.25) is 14.2 Å². The summed E-state index contributed by atoms with van der Waals surface area (Å²) in [7, 11) is 0. The highest BCUT2D eigenvalue weighted by atomic mass is 32.2. The minimum Gasteiger partial charge on any atom is -0.352 e. The first-order chi connectivity index (χ1) is 16.7. The predicted molar refractivity (Wildman–Crippen MR) is 140 cm³/mol. The molecule has 1 atom stereocenters. The second-order valence-corrected chi connectivity index (χ2v) is 11.9. The molecule has 0 spiro atoms. The lowest BCUT2D eigenvalue weighted by atomic mass is 9.86. The summed E-state index contributed by atoms with van der Waals surface area (Å²) in [6.07, 6.45) is 7.78. The predicted octanol–water partition coefficient (Wildman–Crippen LogP) is 4.97. The Morgan fingerprint density at radius 2 is 1.74 bits per heavy atom. The normalized spacial score (nSPS) is 19.5. The molecule has 1 N–H and O–H groups in total. The Balaban J connectivity index is 1.51. The zero-order valence-corrected chi connectivity index (χ0v) is 22.4. The third kappa shape index (κ3) is 6.46. The molecule has 1 aromatic heterocycles. The minimum atomic E-state index is -0.0395. The van der Waals surface area contributed by atoms with Crippen molar-refractivity contribution in [2.75, 3.05) is 18.8 Å². The number of benzene rings is 1. The van der Waals surface area contributed by atoms with Crippen LogP contribution in [0, 0.1) is 0 Å². The fraction of sp³-hybridized carbons (Fsp3) is 0.630. The number of carbonyl (C=O) groups is 2. The third-order valence-electron chi connectivity index (χ3n) is 7.12. The number of thioether (sulfide) groups is 1. The molecule has 0 radical (unpaired) electrons. The fourth-order valence-corrected chi connectivity index (χ4v) is 6.09. The summed E-state index contributed by atoms with van der Waals surface area (Å²) in [5, 5.41) is 13.0. The van der Waals surface area contributed by atoms with E-state index in [0.717, 1.165) is 48.8 Å². The second-order valence-electron chi connectivity index (χ2n) is 11.0. The first-order valence-corrected chi connectivity index (χ1v) is 13.9. The van der Waals surface area contributed by atoms with Crippen molar-refractivity contribution >= 4 is 23.6 Å². The van der Waals surface area contributed by atoms with Crippen LogP contribution in [-0.2, 0) is 15.0 Å². The van der Waals surface area contributed by atoms with E-state index in [1.165, 1.54) is 43.5 Å². The van der Waals surface area contributed by atoms with Gasteiger partial charge in [0.2, 0.25) is 11.8 Å². The van der Waals surface area contributed by atoms with Crippen molar-refractivity contribution in [3.63, 3.8) is 0 Å². The van der Waals surface area contributed by atoms with E-state index in [0.29, 0.717) is 18.3 Å². The van der Waals surface area contributed by atoms with Gasteiger partial charge >= 0.3 is 0 Å². The van der Waals surface area contributed by atoms with Crippen LogP contribution in [0.5, 0.6) is 0 Å². The SMILES string of the molecule is CC(=O)NC1CCCN(C(=O)CSc2nnc(-c3ccc(C(C)(C)C)cc3)n2C2CCCCC2)C1. The van der Waals surface area contributed by atoms with Crippen LogP contribution in [0.1, 0.15) is 84.2 Å². The van der Waals surface area contributed by atoms with Gasteiger partial charge in [-0.25, -0.2) is 0 Å². The highest BCUT2D eigenvalue weighted by molar-refractivity contribution is 7.99. The van der Waals surface area contributed by atoms with Crippen LogP contribution in [0.25, 0.3) is 11.4 Å². The van der Waals surface area contributed by atoms with Gasteiger partial charge in [0.15, 0.2) is 11.0 Å². The lowest BCUT2D eigenvalue weighted by Crippen LogP contribution is -2.49. The largest absolute Gasteiger partial charge is 0.352 e. The topological polar surface area (TPSA) is 80.1 Å². The van der Waals surface area contributed by atoms with Gasteiger partial charge in [-0.15, -0.1) is 10.2 Å². The summed E-state index contributed by atoms with van der Waals surface area (Å²) in [6.45, 7) is 9.52. The molecule has 1 unspecified atom stereocenters. The zero-order valence-electron chi connectivity index (χ0n) is 21.5. The first-order valence-electron chi connectivity index (χ1n) is 13.0. The van der Waals surface area contributed by atoms with Gasteiger partial charge in [-0.1, -0.05) is 76.1 Å². The highest BCUT2D eigenvalue weighted by Gasteiger charge is 2.27. The Kier molecular flexibility index (Phi) is 8.19. The van der Waals surface area contributed by atoms with E-state index in [4.69, 9.17) is 0 Å². The average molecular weight is 498 g/mol. The molecule has 2 amide bonds. The second kappa shape index (κ2) is 11.1. The molecule has 1 saturated carbocycles. The van der Waals surface area contributed by atoms with Crippen LogP contribution < -0.4 is 5.32 Å². The Bertz CT molecular complexity index is 1020. The number of nitrogens with one attached hydrogen (secondary N) is 1. The Labute approximate surface area is 213 Å². The molecule has 7 nitrogen and oxygen atoms in total. The van der Waals surface area contributed by atoms with Crippen LogP contribution in [0.15, 0.2) is 29.4 Å². The van der Waals surface area contributed by atoms with E-state index in [2.05, 4.69) is 65.1 Å². The summed E-state index contributed by atoms with van der Waals surface area (Å²) >= 11 is 1.49. The smallest absolute Gasteiger partial charge is 0.233 e. The summed E-state index contributed by atoms with van der Waals surface area (Å²) in [4.78, 5) is 26.4. The molecule has 1 aliphatic carbocycles. The number of amides is 2. The van der Waals surface area contributed by atoms with E-state index >= 15 is 0 Å². The Morgan fingerprint density at radius 3 is 2.40 bits per heavy atom. The molecule has 1 aromatic carbocycles. The van der Waals surface area contributed by atoms with Crippen LogP contribution >= 0.6 is 11.8 Å². The molecule has 1 saturated heterocycles. The number of hydrogen-bond acceptors (Lipinski definition) is 5. The standard InChI is InChI=1S/C27H39N5O2S/c1-19(33)28-22-9-8-16-31(17-22)24(34)18-35-26-30-29-25(32(26)23-10-6-5-7-11-23)20-12-14-21(15-13-20)27(2,3)4/h12-15,22-23H,5-11,16-18H2,1-4H3,(H,28,33). The van der Waals surface area contributed by atoms with Crippen molar-refractivity contribution in [3.8, 4) is 11.4 Å². The van der Waals surface area contributed by atoms with Crippen molar-refractivity contribution < 1.29 is 9.59 Å². The lowest BCUT2D eigenvalue weighted by Gasteiger charge is -2.33. The molecule has 190 valence electrons. The van der Waals surface area contributed by atoms with Gasteiger partial charge < -0.3 is 10.2 Å². The van der Waals surface area contributed by atoms with E-state index in [-0.39, 0.29) is 23.3 Å². The van der Waals surface area contributed by atoms with Gasteiger partial charge in [0.25, 0.3) is 0 Å². The quantitative estimate of drug-likeness (QED) is 0.570. The summed E-state index contributed by atoms with van der Waals surface area (Å²) in [6, 6.07) is 9.09. The van der Waals surface area contributed by atoms with Gasteiger partial charge in [-0.2, -0.15) is 0 Å². The highest BCUT2D eigenvalue weighted by Crippen LogP contribution is 2.36. The number of carbonyl (C=O) groups excluding carboxylic acids is 2. The van der Waals surface area contributed by atoms with Gasteiger partial charge in [0, 0.05) is 37.7 Å². The molecule has 2 aliphatic rings. The molecule has 1 aliphatic heterocycles. The van der Waals surface area contributed by atoms with Gasteiger partial charge in [-0.05, 0) is 36.7 Å². The molecule has 35 heavy (non-hydrogen) atoms. The number of nitrogens with zero attached hydrogens (tertiary/aromatic N) is 4. The van der Waals surface area contributed by atoms with E-state index < -0.39 is 0 Å². The minimum absolute atomic E-state index is 0.0395. The fourth-order valence-electron chi connectivity index (χ4n) is 5.19. The number of aromatic nitrogens is 3. The van der Waals surface area contributed by atoms with E-state index in [1.54, 1.807) is 0 Å². The number of likely N-dealkylation sites (tertiary alicyclic amines) is 1. The molecule has 4 rings (SSSR count). The number of hydrogen-bond donors (Lipinski definition) is 1. The van der Waals surface area contributed by atoms with Gasteiger partial charge in [0.1, 0.15) is 0 Å². The molecule has 2 heterocycles. The van der Waals surface area contributed by atoms with Crippen LogP contribution in [0.2, 0.25) is 0 Å². The summed E-state index contributed by atoms with van der Waals surface area (Å²) < 4.78 is 2.29. The van der Waals surface area contributed by atoms with Crippen molar-refractivity contribution in [3.05, 3.63) is 29.8 Å². The summed E-state index contributed by atoms with van der Waals surface area (Å²) in [5.41, 5.74) is 2.47. The zero-order chi connectivity index (χ0) is 25.0. The lowest BCUT2D eigenvalue weighted by molar-refractivity contribution is -0.130. The van der Waals surface area contributed by atoms with E-state index in [9.17, 15) is 9.59 Å². The summed E-state index contributed by atoms with van der Waals surface area (Å²) in [5.74, 6) is 1.29. The number of rotatable bonds is 6. The maximum absolute atomic E-state index is 13.0. The van der Waals surface area contributed by atoms with Crippen molar-refractivity contribution in [1.82, 2.24) is 25.0 Å². The monoisotopic (exact) mass is 497 g/mol. The van der Waals surface area contributed by atoms with Crippen LogP contribution in [0.4, 0.5) is 0 Å². The molecular weight excluding hydrogens is 458 g/mol. The van der Waals surface area contributed by atoms with E-state index in [1.807, 2.05) is 4.90 Å². The average Bonchev–Trinajstić information content (AvgIpc) is 3.26. The van der Waals surface area contributed by atoms with Crippen LogP contribution in [-0.4, -0.2) is 56.4 Å². The van der Waals surface area contributed by atoms with Crippen LogP contribution in [0.3, 0.4) is 0 Å². The molecule has 2 fully saturated rings. The molecule has 8 heteroatoms. The van der Waals surface area contributed by atoms with Crippen molar-refractivity contribution in [2.24, 2.45) is 0 Å². The first kappa shape index (κ1) is 25.7. The molecule has 0 bridgehead atoms. The van der Waals surface area contributed by atoms with Gasteiger partial charge in [0.05, 0.1) is 5.75 Å². The Hall–Kier alpha value is -2.35. The number of piperidine rings is 1. The molecule has 2 aromatic rings. The third-order valence-corrected chi connectivity index (χ3v) is 8.05.